The van der Waals surface area contributed by atoms with Crippen LogP contribution in [0.2, 0.25) is 0 Å². The fourth-order valence-electron chi connectivity index (χ4n) is 0. The molecule has 0 aliphatic rings. The van der Waals surface area contributed by atoms with E-state index in [1.807, 2.05) is 0 Å². The van der Waals surface area contributed by atoms with Crippen molar-refractivity contribution in [1.29, 1.82) is 0 Å². The summed E-state index contributed by atoms with van der Waals surface area (Å²) in [6.07, 6.45) is 0. The number of hydrogen-bond donors (Lipinski definition) is 2. The minimum atomic E-state index is -2.46. The molecular weight excluding hydrogens is 68.0 g/mol. The zero-order valence-electron chi connectivity index (χ0n) is 5.47. The third-order valence-corrected chi connectivity index (χ3v) is 0.108. The SMILES string of the molecule is [2H]C([2H])([2H])C(N)=NO. The van der Waals surface area contributed by atoms with E-state index in [0.29, 0.717) is 0 Å². The molecular formula is C2H6N2O. The molecule has 0 saturated carbocycles. The van der Waals surface area contributed by atoms with Gasteiger partial charge < -0.3 is 10.9 Å². The number of nitrogens with zero attached hydrogens (tertiary/aromatic N) is 1. The zero-order valence-corrected chi connectivity index (χ0v) is 2.47. The molecule has 0 amide bonds. The first-order valence-electron chi connectivity index (χ1n) is 2.46. The van der Waals surface area contributed by atoms with Crippen LogP contribution in [-0.4, -0.2) is 11.0 Å². The molecule has 0 aliphatic carbocycles. The van der Waals surface area contributed by atoms with Gasteiger partial charge in [0.1, 0.15) is 5.84 Å². The fraction of sp³-hybridized carbons (Fsp3) is 0.500. The molecule has 0 aliphatic heterocycles. The Labute approximate surface area is 34.3 Å². The van der Waals surface area contributed by atoms with Gasteiger partial charge in [-0.05, 0) is 6.85 Å². The molecule has 30 valence electrons. The summed E-state index contributed by atoms with van der Waals surface area (Å²) in [5, 5.41) is 10.1. The van der Waals surface area contributed by atoms with Gasteiger partial charge in [0.15, 0.2) is 0 Å². The predicted octanol–water partition coefficient (Wildman–Crippen LogP) is -0.247. The molecule has 0 aromatic rings. The monoisotopic (exact) mass is 77.1 g/mol. The van der Waals surface area contributed by atoms with E-state index >= 15 is 0 Å². The van der Waals surface area contributed by atoms with E-state index in [4.69, 9.17) is 9.32 Å². The summed E-state index contributed by atoms with van der Waals surface area (Å²) in [4.78, 5) is 0. The molecule has 0 spiro atoms. The molecule has 0 unspecified atom stereocenters. The van der Waals surface area contributed by atoms with Crippen molar-refractivity contribution in [2.24, 2.45) is 10.9 Å². The molecule has 5 heavy (non-hydrogen) atoms. The largest absolute Gasteiger partial charge is 0.409 e. The molecule has 0 heterocycles. The highest BCUT2D eigenvalue weighted by Crippen LogP contribution is 1.51. The Balaban J connectivity index is 4.03. The number of hydrogen-bond acceptors (Lipinski definition) is 2. The summed E-state index contributed by atoms with van der Waals surface area (Å²) in [5.41, 5.74) is 4.69. The predicted molar refractivity (Wildman–Crippen MR) is 19.1 cm³/mol. The van der Waals surface area contributed by atoms with E-state index in [-0.39, 0.29) is 0 Å². The van der Waals surface area contributed by atoms with Crippen LogP contribution in [0.1, 0.15) is 11.0 Å². The maximum absolute atomic E-state index is 7.77. The third kappa shape index (κ3) is 3.27. The lowest BCUT2D eigenvalue weighted by Crippen LogP contribution is -2.03. The van der Waals surface area contributed by atoms with Crippen molar-refractivity contribution >= 4 is 5.84 Å². The summed E-state index contributed by atoms with van der Waals surface area (Å²) in [6, 6.07) is 0. The van der Waals surface area contributed by atoms with Gasteiger partial charge in [0.25, 0.3) is 0 Å². The van der Waals surface area contributed by atoms with Crippen molar-refractivity contribution < 1.29 is 9.32 Å². The molecule has 0 aromatic heterocycles. The molecule has 0 radical (unpaired) electrons. The van der Waals surface area contributed by atoms with Crippen molar-refractivity contribution in [2.75, 3.05) is 0 Å². The van der Waals surface area contributed by atoms with Crippen molar-refractivity contribution in [3.63, 3.8) is 0 Å². The van der Waals surface area contributed by atoms with Crippen molar-refractivity contribution in [3.05, 3.63) is 0 Å². The topological polar surface area (TPSA) is 58.6 Å². The van der Waals surface area contributed by atoms with Gasteiger partial charge in [0.2, 0.25) is 0 Å². The van der Waals surface area contributed by atoms with Gasteiger partial charge in [-0.3, -0.25) is 0 Å². The molecule has 3 N–H and O–H groups in total. The molecule has 0 fully saturated rings. The number of amidine groups is 1. The van der Waals surface area contributed by atoms with Crippen LogP contribution in [0.25, 0.3) is 0 Å². The molecule has 0 bridgehead atoms. The molecule has 0 aromatic carbocycles. The minimum Gasteiger partial charge on any atom is -0.409 e. The quantitative estimate of drug-likeness (QED) is 0.181. The summed E-state index contributed by atoms with van der Waals surface area (Å²) < 4.78 is 19.4. The summed E-state index contributed by atoms with van der Waals surface area (Å²) in [7, 11) is 0. The first-order valence-corrected chi connectivity index (χ1v) is 0.962. The van der Waals surface area contributed by atoms with Gasteiger partial charge in [-0.15, -0.1) is 0 Å². The van der Waals surface area contributed by atoms with Gasteiger partial charge in [-0.25, -0.2) is 0 Å². The molecule has 0 rings (SSSR count). The van der Waals surface area contributed by atoms with Crippen molar-refractivity contribution in [3.8, 4) is 0 Å². The summed E-state index contributed by atoms with van der Waals surface area (Å²) in [5.74, 6) is -0.738. The van der Waals surface area contributed by atoms with Crippen LogP contribution >= 0.6 is 0 Å². The van der Waals surface area contributed by atoms with Crippen molar-refractivity contribution in [2.45, 2.75) is 6.85 Å². The van der Waals surface area contributed by atoms with E-state index in [9.17, 15) is 0 Å². The number of oxime groups is 1. The highest BCUT2D eigenvalue weighted by Gasteiger charge is 1.64. The van der Waals surface area contributed by atoms with E-state index in [1.165, 1.54) is 0 Å². The summed E-state index contributed by atoms with van der Waals surface area (Å²) >= 11 is 0. The van der Waals surface area contributed by atoms with Gasteiger partial charge in [0.05, 0.1) is 0 Å². The lowest BCUT2D eigenvalue weighted by atomic mass is 10.7. The van der Waals surface area contributed by atoms with E-state index in [1.54, 1.807) is 0 Å². The Morgan fingerprint density at radius 1 is 2.40 bits per heavy atom. The summed E-state index contributed by atoms with van der Waals surface area (Å²) in [6.45, 7) is -2.46. The van der Waals surface area contributed by atoms with Crippen LogP contribution in [0.15, 0.2) is 5.16 Å². The third-order valence-electron chi connectivity index (χ3n) is 0.108. The Morgan fingerprint density at radius 2 is 3.00 bits per heavy atom. The van der Waals surface area contributed by atoms with E-state index in [0.717, 1.165) is 0 Å². The van der Waals surface area contributed by atoms with E-state index in [2.05, 4.69) is 10.9 Å². The Hall–Kier alpha value is -0.730. The van der Waals surface area contributed by atoms with Crippen LogP contribution in [0.5, 0.6) is 0 Å². The highest BCUT2D eigenvalue weighted by molar-refractivity contribution is 5.76. The van der Waals surface area contributed by atoms with Gasteiger partial charge in [0, 0.05) is 4.11 Å². The smallest absolute Gasteiger partial charge is 0.135 e. The first-order chi connectivity index (χ1) is 3.48. The molecule has 0 saturated heterocycles. The second-order valence-corrected chi connectivity index (χ2v) is 0.485. The van der Waals surface area contributed by atoms with Crippen molar-refractivity contribution in [1.82, 2.24) is 0 Å². The second-order valence-electron chi connectivity index (χ2n) is 0.485. The fourth-order valence-corrected chi connectivity index (χ4v) is 0. The average Bonchev–Trinajstić information content (AvgIpc) is 1.62. The van der Waals surface area contributed by atoms with Crippen LogP contribution in [0.4, 0.5) is 0 Å². The van der Waals surface area contributed by atoms with Gasteiger partial charge in [-0.1, -0.05) is 5.16 Å². The second kappa shape index (κ2) is 1.58. The van der Waals surface area contributed by atoms with Gasteiger partial charge >= 0.3 is 0 Å². The van der Waals surface area contributed by atoms with Crippen LogP contribution in [0, 0.1) is 0 Å². The normalized spacial score (nSPS) is 23.2. The average molecular weight is 77.1 g/mol. The Bertz CT molecular complexity index is 106. The minimum absolute atomic E-state index is 0.738. The highest BCUT2D eigenvalue weighted by atomic mass is 16.4. The number of rotatable bonds is 0. The molecule has 3 heteroatoms. The first kappa shape index (κ1) is 1.16. The maximum atomic E-state index is 7.77. The Morgan fingerprint density at radius 3 is 3.00 bits per heavy atom. The number of nitrogens with two attached hydrogens (primary N) is 1. The van der Waals surface area contributed by atoms with Crippen LogP contribution in [0.3, 0.4) is 0 Å². The molecule has 0 atom stereocenters. The molecule has 3 nitrogen and oxygen atoms in total. The van der Waals surface area contributed by atoms with Gasteiger partial charge in [-0.2, -0.15) is 0 Å². The van der Waals surface area contributed by atoms with Crippen LogP contribution < -0.4 is 5.73 Å². The zero-order chi connectivity index (χ0) is 6.78. The standard InChI is InChI=1S/C2H6N2O/c1-2(3)4-5/h5H,1H3,(H2,3,4)/i1D3. The Kier molecular flexibility index (Phi) is 0.366. The lowest BCUT2D eigenvalue weighted by molar-refractivity contribution is 0.318. The maximum Gasteiger partial charge on any atom is 0.135 e. The lowest BCUT2D eigenvalue weighted by Gasteiger charge is -1.73. The van der Waals surface area contributed by atoms with E-state index < -0.39 is 12.7 Å². The van der Waals surface area contributed by atoms with Crippen LogP contribution in [-0.2, 0) is 0 Å².